The Bertz CT molecular complexity index is 523. The van der Waals surface area contributed by atoms with Crippen LogP contribution in [0.4, 0.5) is 5.69 Å². The fourth-order valence-electron chi connectivity index (χ4n) is 1.77. The molecule has 0 atom stereocenters. The van der Waals surface area contributed by atoms with Crippen LogP contribution in [-0.2, 0) is 6.42 Å². The molecule has 2 rings (SSSR count). The Labute approximate surface area is 112 Å². The average molecular weight is 259 g/mol. The summed E-state index contributed by atoms with van der Waals surface area (Å²) in [6.45, 7) is 3.28. The Hall–Kier alpha value is -2.30. The molecule has 0 saturated carbocycles. The molecule has 0 aliphatic heterocycles. The highest BCUT2D eigenvalue weighted by Gasteiger charge is 2.10. The van der Waals surface area contributed by atoms with Gasteiger partial charge >= 0.3 is 0 Å². The normalized spacial score (nSPS) is 10.2. The van der Waals surface area contributed by atoms with E-state index in [0.717, 1.165) is 18.0 Å². The first-order valence-corrected chi connectivity index (χ1v) is 6.29. The maximum absolute atomic E-state index is 12.0. The summed E-state index contributed by atoms with van der Waals surface area (Å²) in [6, 6.07) is 5.52. The Balaban J connectivity index is 1.92. The average Bonchev–Trinajstić information content (AvgIpc) is 2.93. The molecule has 0 aliphatic carbocycles. The van der Waals surface area contributed by atoms with Gasteiger partial charge in [0.25, 0.3) is 5.91 Å². The molecular weight excluding hydrogens is 242 g/mol. The number of rotatable bonds is 6. The first kappa shape index (κ1) is 13.1. The molecule has 19 heavy (non-hydrogen) atoms. The minimum absolute atomic E-state index is 0.129. The number of pyridine rings is 1. The van der Waals surface area contributed by atoms with E-state index in [0.29, 0.717) is 18.5 Å². The Morgan fingerprint density at radius 2 is 2.32 bits per heavy atom. The minimum atomic E-state index is -0.129. The van der Waals surface area contributed by atoms with Crippen molar-refractivity contribution in [3.8, 4) is 0 Å². The predicted molar refractivity (Wildman–Crippen MR) is 73.1 cm³/mol. The molecule has 0 bridgehead atoms. The highest BCUT2D eigenvalue weighted by molar-refractivity contribution is 5.99. The first-order chi connectivity index (χ1) is 9.31. The summed E-state index contributed by atoms with van der Waals surface area (Å²) in [5.41, 5.74) is 1.36. The fourth-order valence-corrected chi connectivity index (χ4v) is 1.77. The Morgan fingerprint density at radius 3 is 3.05 bits per heavy atom. The maximum atomic E-state index is 12.0. The second-order valence-corrected chi connectivity index (χ2v) is 4.04. The fraction of sp³-hybridized carbons (Fsp3) is 0.286. The molecule has 0 saturated heterocycles. The second-order valence-electron chi connectivity index (χ2n) is 4.04. The molecule has 2 heterocycles. The van der Waals surface area contributed by atoms with Crippen molar-refractivity contribution >= 4 is 11.6 Å². The van der Waals surface area contributed by atoms with Crippen molar-refractivity contribution in [2.45, 2.75) is 13.3 Å². The zero-order valence-corrected chi connectivity index (χ0v) is 10.8. The SMILES string of the molecule is CCNc1ccncc1C(=O)NCCc1ccco1. The zero-order valence-electron chi connectivity index (χ0n) is 10.8. The molecule has 2 aromatic heterocycles. The third-order valence-corrected chi connectivity index (χ3v) is 2.67. The monoisotopic (exact) mass is 259 g/mol. The third-order valence-electron chi connectivity index (χ3n) is 2.67. The number of furan rings is 1. The van der Waals surface area contributed by atoms with Gasteiger partial charge in [0.05, 0.1) is 17.5 Å². The third kappa shape index (κ3) is 3.58. The van der Waals surface area contributed by atoms with Gasteiger partial charge in [-0.3, -0.25) is 9.78 Å². The summed E-state index contributed by atoms with van der Waals surface area (Å²) < 4.78 is 5.21. The van der Waals surface area contributed by atoms with Crippen LogP contribution < -0.4 is 10.6 Å². The van der Waals surface area contributed by atoms with Crippen LogP contribution in [0.25, 0.3) is 0 Å². The van der Waals surface area contributed by atoms with Crippen molar-refractivity contribution in [1.29, 1.82) is 0 Å². The van der Waals surface area contributed by atoms with E-state index in [1.54, 1.807) is 24.7 Å². The molecule has 2 aromatic rings. The Kier molecular flexibility index (Phi) is 4.55. The number of nitrogens with zero attached hydrogens (tertiary/aromatic N) is 1. The minimum Gasteiger partial charge on any atom is -0.469 e. The van der Waals surface area contributed by atoms with E-state index in [1.807, 2.05) is 19.1 Å². The standard InChI is InChI=1S/C14H17N3O2/c1-2-16-13-6-7-15-10-12(13)14(18)17-8-5-11-4-3-9-19-11/h3-4,6-7,9-10H,2,5,8H2,1H3,(H,15,16)(H,17,18). The lowest BCUT2D eigenvalue weighted by molar-refractivity contribution is 0.0954. The molecule has 0 aromatic carbocycles. The number of hydrogen-bond acceptors (Lipinski definition) is 4. The van der Waals surface area contributed by atoms with Gasteiger partial charge in [0.2, 0.25) is 0 Å². The van der Waals surface area contributed by atoms with E-state index in [2.05, 4.69) is 15.6 Å². The summed E-state index contributed by atoms with van der Waals surface area (Å²) in [4.78, 5) is 16.0. The second kappa shape index (κ2) is 6.58. The van der Waals surface area contributed by atoms with Gasteiger partial charge in [0.15, 0.2) is 0 Å². The molecule has 5 nitrogen and oxygen atoms in total. The maximum Gasteiger partial charge on any atom is 0.254 e. The van der Waals surface area contributed by atoms with Crippen LogP contribution in [-0.4, -0.2) is 24.0 Å². The number of carbonyl (C=O) groups excluding carboxylic acids is 1. The zero-order chi connectivity index (χ0) is 13.5. The predicted octanol–water partition coefficient (Wildman–Crippen LogP) is 2.08. The van der Waals surface area contributed by atoms with Gasteiger partial charge in [-0.05, 0) is 25.1 Å². The highest BCUT2D eigenvalue weighted by Crippen LogP contribution is 2.12. The van der Waals surface area contributed by atoms with Crippen LogP contribution in [0.5, 0.6) is 0 Å². The number of carbonyl (C=O) groups is 1. The lowest BCUT2D eigenvalue weighted by Crippen LogP contribution is -2.26. The molecule has 5 heteroatoms. The first-order valence-electron chi connectivity index (χ1n) is 6.29. The van der Waals surface area contributed by atoms with Gasteiger partial charge in [0, 0.05) is 31.9 Å². The van der Waals surface area contributed by atoms with Gasteiger partial charge < -0.3 is 15.1 Å². The number of nitrogens with one attached hydrogen (secondary N) is 2. The molecule has 100 valence electrons. The van der Waals surface area contributed by atoms with Gasteiger partial charge in [-0.2, -0.15) is 0 Å². The van der Waals surface area contributed by atoms with Gasteiger partial charge in [-0.1, -0.05) is 0 Å². The van der Waals surface area contributed by atoms with E-state index >= 15 is 0 Å². The van der Waals surface area contributed by atoms with E-state index in [1.165, 1.54) is 0 Å². The van der Waals surface area contributed by atoms with Crippen LogP contribution in [0.2, 0.25) is 0 Å². The number of aromatic nitrogens is 1. The molecule has 0 fully saturated rings. The molecule has 1 amide bonds. The van der Waals surface area contributed by atoms with E-state index in [9.17, 15) is 4.79 Å². The summed E-state index contributed by atoms with van der Waals surface area (Å²) in [6.07, 6.45) is 5.54. The summed E-state index contributed by atoms with van der Waals surface area (Å²) in [5, 5.41) is 6.00. The smallest absolute Gasteiger partial charge is 0.254 e. The number of amides is 1. The van der Waals surface area contributed by atoms with Crippen molar-refractivity contribution in [2.24, 2.45) is 0 Å². The summed E-state index contributed by atoms with van der Waals surface area (Å²) >= 11 is 0. The Morgan fingerprint density at radius 1 is 1.42 bits per heavy atom. The molecule has 0 aliphatic rings. The van der Waals surface area contributed by atoms with Crippen molar-refractivity contribution in [3.05, 3.63) is 48.2 Å². The van der Waals surface area contributed by atoms with Crippen molar-refractivity contribution in [3.63, 3.8) is 0 Å². The van der Waals surface area contributed by atoms with Crippen LogP contribution in [0.1, 0.15) is 23.0 Å². The lowest BCUT2D eigenvalue weighted by atomic mass is 10.2. The largest absolute Gasteiger partial charge is 0.469 e. The van der Waals surface area contributed by atoms with Gasteiger partial charge in [-0.25, -0.2) is 0 Å². The molecule has 0 spiro atoms. The summed E-state index contributed by atoms with van der Waals surface area (Å²) in [5.74, 6) is 0.731. The van der Waals surface area contributed by atoms with Gasteiger partial charge in [-0.15, -0.1) is 0 Å². The number of hydrogen-bond donors (Lipinski definition) is 2. The van der Waals surface area contributed by atoms with Crippen LogP contribution in [0, 0.1) is 0 Å². The molecule has 0 unspecified atom stereocenters. The molecular formula is C14H17N3O2. The quantitative estimate of drug-likeness (QED) is 0.833. The van der Waals surface area contributed by atoms with Crippen molar-refractivity contribution < 1.29 is 9.21 Å². The highest BCUT2D eigenvalue weighted by atomic mass is 16.3. The van der Waals surface area contributed by atoms with Crippen molar-refractivity contribution in [1.82, 2.24) is 10.3 Å². The van der Waals surface area contributed by atoms with E-state index < -0.39 is 0 Å². The van der Waals surface area contributed by atoms with Crippen LogP contribution in [0.3, 0.4) is 0 Å². The van der Waals surface area contributed by atoms with Gasteiger partial charge in [0.1, 0.15) is 5.76 Å². The molecule has 2 N–H and O–H groups in total. The van der Waals surface area contributed by atoms with Crippen molar-refractivity contribution in [2.75, 3.05) is 18.4 Å². The van der Waals surface area contributed by atoms with E-state index in [4.69, 9.17) is 4.42 Å². The van der Waals surface area contributed by atoms with E-state index in [-0.39, 0.29) is 5.91 Å². The topological polar surface area (TPSA) is 67.2 Å². The summed E-state index contributed by atoms with van der Waals surface area (Å²) in [7, 11) is 0. The molecule has 0 radical (unpaired) electrons. The van der Waals surface area contributed by atoms with Crippen LogP contribution in [0.15, 0.2) is 41.3 Å². The number of anilines is 1. The van der Waals surface area contributed by atoms with Crippen LogP contribution >= 0.6 is 0 Å². The lowest BCUT2D eigenvalue weighted by Gasteiger charge is -2.09.